The number of nitrogens with one attached hydrogen (secondary N) is 2. The van der Waals surface area contributed by atoms with Gasteiger partial charge in [0.05, 0.1) is 35.6 Å². The van der Waals surface area contributed by atoms with Crippen LogP contribution in [0.2, 0.25) is 5.02 Å². The Labute approximate surface area is 119 Å². The zero-order valence-electron chi connectivity index (χ0n) is 10.2. The number of hydrogen-bond acceptors (Lipinski definition) is 6. The summed E-state index contributed by atoms with van der Waals surface area (Å²) in [5.74, 6) is 5.80. The number of anilines is 1. The molecule has 19 heavy (non-hydrogen) atoms. The minimum atomic E-state index is 0.388. The molecule has 0 aliphatic rings. The lowest BCUT2D eigenvalue weighted by atomic mass is 10.2. The highest BCUT2D eigenvalue weighted by Gasteiger charge is 2.11. The summed E-state index contributed by atoms with van der Waals surface area (Å²) in [5, 5.41) is 3.54. The summed E-state index contributed by atoms with van der Waals surface area (Å²) >= 11 is 7.27. The smallest absolute Gasteiger partial charge is 0.210 e. The Balaban J connectivity index is 2.26. The molecule has 0 saturated heterocycles. The first-order valence-corrected chi connectivity index (χ1v) is 6.55. The molecule has 2 rings (SSSR count). The van der Waals surface area contributed by atoms with Crippen molar-refractivity contribution in [2.24, 2.45) is 10.8 Å². The van der Waals surface area contributed by atoms with E-state index in [1.165, 1.54) is 0 Å². The number of hydrogen-bond donors (Lipinski definition) is 3. The second-order valence-electron chi connectivity index (χ2n) is 3.55. The Bertz CT molecular complexity index is 586. The molecular formula is C10H13ClN6OS. The number of methoxy groups -OCH3 is 1. The Hall–Kier alpha value is -1.48. The standard InChI is InChI=1S/C10H13ClN6OS/c1-18-5-4-13-10(15-12)14-8-6(11)2-3-7-9(8)17-19-16-7/h2-3H,4-5,12H2,1H3,(H2,13,14,15). The number of aromatic nitrogens is 2. The summed E-state index contributed by atoms with van der Waals surface area (Å²) in [5.41, 5.74) is 4.56. The molecule has 0 saturated carbocycles. The third-order valence-electron chi connectivity index (χ3n) is 2.32. The topological polar surface area (TPSA) is 97.5 Å². The number of guanidine groups is 1. The van der Waals surface area contributed by atoms with E-state index in [4.69, 9.17) is 22.2 Å². The average molecular weight is 301 g/mol. The molecule has 0 fully saturated rings. The largest absolute Gasteiger partial charge is 0.383 e. The molecule has 9 heteroatoms. The van der Waals surface area contributed by atoms with Crippen LogP contribution in [0.3, 0.4) is 0 Å². The van der Waals surface area contributed by atoms with Crippen LogP contribution in [0.4, 0.5) is 5.69 Å². The molecule has 102 valence electrons. The van der Waals surface area contributed by atoms with Crippen molar-refractivity contribution in [3.63, 3.8) is 0 Å². The van der Waals surface area contributed by atoms with E-state index in [0.717, 1.165) is 17.2 Å². The molecule has 0 spiro atoms. The summed E-state index contributed by atoms with van der Waals surface area (Å²) in [6, 6.07) is 3.56. The third kappa shape index (κ3) is 3.29. The van der Waals surface area contributed by atoms with E-state index in [2.05, 4.69) is 24.5 Å². The molecule has 1 heterocycles. The zero-order valence-corrected chi connectivity index (χ0v) is 11.8. The Morgan fingerprint density at radius 1 is 1.53 bits per heavy atom. The molecule has 0 unspecified atom stereocenters. The Kier molecular flexibility index (Phi) is 4.86. The second-order valence-corrected chi connectivity index (χ2v) is 4.48. The monoisotopic (exact) mass is 300 g/mol. The molecule has 1 aromatic heterocycles. The predicted molar refractivity (Wildman–Crippen MR) is 77.5 cm³/mol. The first kappa shape index (κ1) is 13.9. The van der Waals surface area contributed by atoms with Crippen LogP contribution in [-0.4, -0.2) is 35.0 Å². The van der Waals surface area contributed by atoms with Gasteiger partial charge >= 0.3 is 0 Å². The summed E-state index contributed by atoms with van der Waals surface area (Å²) in [6.07, 6.45) is 0. The van der Waals surface area contributed by atoms with Crippen molar-refractivity contribution < 1.29 is 4.74 Å². The van der Waals surface area contributed by atoms with Gasteiger partial charge < -0.3 is 10.1 Å². The fraction of sp³-hybridized carbons (Fsp3) is 0.300. The number of ether oxygens (including phenoxy) is 1. The number of halogens is 1. The van der Waals surface area contributed by atoms with Crippen LogP contribution in [0.1, 0.15) is 0 Å². The Morgan fingerprint density at radius 3 is 3.11 bits per heavy atom. The number of nitrogens with two attached hydrogens (primary N) is 1. The Morgan fingerprint density at radius 2 is 2.37 bits per heavy atom. The van der Waals surface area contributed by atoms with Crippen molar-refractivity contribution in [3.05, 3.63) is 17.2 Å². The fourth-order valence-corrected chi connectivity index (χ4v) is 2.18. The number of aliphatic imine (C=N–C) groups is 1. The first-order valence-electron chi connectivity index (χ1n) is 5.44. The van der Waals surface area contributed by atoms with Gasteiger partial charge in [-0.2, -0.15) is 8.75 Å². The molecule has 0 atom stereocenters. The molecule has 0 aliphatic heterocycles. The van der Waals surface area contributed by atoms with Crippen molar-refractivity contribution in [2.75, 3.05) is 25.6 Å². The van der Waals surface area contributed by atoms with Gasteiger partial charge in [0.2, 0.25) is 5.96 Å². The SMILES string of the molecule is COCCN=C(NN)Nc1c(Cl)ccc2nsnc12. The average Bonchev–Trinajstić information content (AvgIpc) is 2.89. The summed E-state index contributed by atoms with van der Waals surface area (Å²) < 4.78 is 13.3. The van der Waals surface area contributed by atoms with E-state index in [1.54, 1.807) is 13.2 Å². The summed E-state index contributed by atoms with van der Waals surface area (Å²) in [4.78, 5) is 4.20. The molecule has 0 radical (unpaired) electrons. The minimum absolute atomic E-state index is 0.388. The van der Waals surface area contributed by atoms with Crippen molar-refractivity contribution in [1.82, 2.24) is 14.2 Å². The van der Waals surface area contributed by atoms with Gasteiger partial charge in [-0.1, -0.05) is 11.6 Å². The molecule has 1 aromatic carbocycles. The number of fused-ring (bicyclic) bond motifs is 1. The number of rotatable bonds is 4. The molecule has 2 aromatic rings. The normalized spacial score (nSPS) is 11.8. The van der Waals surface area contributed by atoms with E-state index in [0.29, 0.717) is 35.3 Å². The van der Waals surface area contributed by atoms with Gasteiger partial charge in [0.1, 0.15) is 11.0 Å². The molecule has 0 bridgehead atoms. The van der Waals surface area contributed by atoms with E-state index in [-0.39, 0.29) is 0 Å². The number of nitrogens with zero attached hydrogens (tertiary/aromatic N) is 3. The molecule has 7 nitrogen and oxygen atoms in total. The van der Waals surface area contributed by atoms with Gasteiger partial charge in [0, 0.05) is 7.11 Å². The van der Waals surface area contributed by atoms with Gasteiger partial charge in [-0.3, -0.25) is 5.43 Å². The lowest BCUT2D eigenvalue weighted by molar-refractivity contribution is 0.208. The van der Waals surface area contributed by atoms with E-state index < -0.39 is 0 Å². The fourth-order valence-electron chi connectivity index (χ4n) is 1.43. The quantitative estimate of drug-likeness (QED) is 0.258. The zero-order chi connectivity index (χ0) is 13.7. The van der Waals surface area contributed by atoms with Crippen LogP contribution in [0.25, 0.3) is 11.0 Å². The second kappa shape index (κ2) is 6.62. The molecule has 0 aliphatic carbocycles. The third-order valence-corrected chi connectivity index (χ3v) is 3.18. The first-order chi connectivity index (χ1) is 9.26. The lowest BCUT2D eigenvalue weighted by Crippen LogP contribution is -2.36. The van der Waals surface area contributed by atoms with Crippen LogP contribution < -0.4 is 16.6 Å². The van der Waals surface area contributed by atoms with Crippen molar-refractivity contribution >= 4 is 46.0 Å². The van der Waals surface area contributed by atoms with Crippen molar-refractivity contribution in [1.29, 1.82) is 0 Å². The summed E-state index contributed by atoms with van der Waals surface area (Å²) in [7, 11) is 1.61. The molecule has 4 N–H and O–H groups in total. The minimum Gasteiger partial charge on any atom is -0.383 e. The van der Waals surface area contributed by atoms with Crippen LogP contribution >= 0.6 is 23.3 Å². The lowest BCUT2D eigenvalue weighted by Gasteiger charge is -2.10. The summed E-state index contributed by atoms with van der Waals surface area (Å²) in [6.45, 7) is 0.981. The van der Waals surface area contributed by atoms with Crippen LogP contribution in [-0.2, 0) is 4.74 Å². The van der Waals surface area contributed by atoms with Gasteiger partial charge in [0.15, 0.2) is 0 Å². The van der Waals surface area contributed by atoms with Gasteiger partial charge in [0.25, 0.3) is 0 Å². The van der Waals surface area contributed by atoms with Crippen LogP contribution in [0.15, 0.2) is 17.1 Å². The maximum absolute atomic E-state index is 6.15. The van der Waals surface area contributed by atoms with Gasteiger partial charge in [-0.05, 0) is 12.1 Å². The molecule has 0 amide bonds. The maximum Gasteiger partial charge on any atom is 0.210 e. The van der Waals surface area contributed by atoms with Crippen molar-refractivity contribution in [3.8, 4) is 0 Å². The van der Waals surface area contributed by atoms with Crippen LogP contribution in [0, 0.1) is 0 Å². The van der Waals surface area contributed by atoms with Gasteiger partial charge in [-0.15, -0.1) is 0 Å². The maximum atomic E-state index is 6.15. The van der Waals surface area contributed by atoms with E-state index in [9.17, 15) is 0 Å². The molecular weight excluding hydrogens is 288 g/mol. The van der Waals surface area contributed by atoms with Crippen molar-refractivity contribution in [2.45, 2.75) is 0 Å². The number of benzene rings is 1. The van der Waals surface area contributed by atoms with E-state index >= 15 is 0 Å². The predicted octanol–water partition coefficient (Wildman–Crippen LogP) is 1.22. The highest BCUT2D eigenvalue weighted by atomic mass is 35.5. The van der Waals surface area contributed by atoms with E-state index in [1.807, 2.05) is 6.07 Å². The highest BCUT2D eigenvalue weighted by Crippen LogP contribution is 2.29. The number of hydrazine groups is 1. The van der Waals surface area contributed by atoms with Crippen LogP contribution in [0.5, 0.6) is 0 Å². The van der Waals surface area contributed by atoms with Gasteiger partial charge in [-0.25, -0.2) is 10.8 Å². The highest BCUT2D eigenvalue weighted by molar-refractivity contribution is 7.00.